The first-order chi connectivity index (χ1) is 6.69. The highest BCUT2D eigenvalue weighted by molar-refractivity contribution is 5.59. The van der Waals surface area contributed by atoms with Gasteiger partial charge in [-0.05, 0) is 26.0 Å². The lowest BCUT2D eigenvalue weighted by Crippen LogP contribution is -1.99. The van der Waals surface area contributed by atoms with Crippen molar-refractivity contribution >= 4 is 5.69 Å². The Balaban J connectivity index is 3.02. The van der Waals surface area contributed by atoms with Gasteiger partial charge < -0.3 is 10.1 Å². The summed E-state index contributed by atoms with van der Waals surface area (Å²) in [5.41, 5.74) is 1.59. The molecule has 0 spiro atoms. The molecule has 1 rings (SSSR count). The molecule has 76 valence electrons. The largest absolute Gasteiger partial charge is 0.492 e. The Morgan fingerprint density at radius 2 is 2.21 bits per heavy atom. The predicted octanol–water partition coefficient (Wildman–Crippen LogP) is 3.17. The van der Waals surface area contributed by atoms with Gasteiger partial charge in [0, 0.05) is 5.70 Å². The second kappa shape index (κ2) is 4.65. The van der Waals surface area contributed by atoms with Crippen molar-refractivity contribution in [2.24, 2.45) is 0 Å². The van der Waals surface area contributed by atoms with E-state index in [-0.39, 0.29) is 11.6 Å². The summed E-state index contributed by atoms with van der Waals surface area (Å²) in [5.74, 6) is -0.116. The van der Waals surface area contributed by atoms with Crippen LogP contribution in [0.3, 0.4) is 0 Å². The summed E-state index contributed by atoms with van der Waals surface area (Å²) < 4.78 is 18.2. The third-order valence-corrected chi connectivity index (χ3v) is 1.94. The van der Waals surface area contributed by atoms with Gasteiger partial charge in [0.15, 0.2) is 11.6 Å². The highest BCUT2D eigenvalue weighted by Crippen LogP contribution is 2.28. The van der Waals surface area contributed by atoms with Gasteiger partial charge in [-0.3, -0.25) is 0 Å². The molecule has 0 unspecified atom stereocenters. The van der Waals surface area contributed by atoms with E-state index in [1.807, 2.05) is 19.9 Å². The van der Waals surface area contributed by atoms with Gasteiger partial charge >= 0.3 is 0 Å². The van der Waals surface area contributed by atoms with E-state index in [9.17, 15) is 4.39 Å². The number of halogens is 1. The molecule has 0 atom stereocenters. The van der Waals surface area contributed by atoms with E-state index < -0.39 is 0 Å². The zero-order valence-electron chi connectivity index (χ0n) is 8.60. The maximum Gasteiger partial charge on any atom is 0.177 e. The fourth-order valence-electron chi connectivity index (χ4n) is 1.10. The Bertz CT molecular complexity index is 347. The number of hydrogen-bond donors (Lipinski definition) is 1. The van der Waals surface area contributed by atoms with Crippen molar-refractivity contribution < 1.29 is 9.13 Å². The zero-order chi connectivity index (χ0) is 10.6. The molecule has 0 aliphatic heterocycles. The quantitative estimate of drug-likeness (QED) is 0.799. The normalized spacial score (nSPS) is 11.3. The lowest BCUT2D eigenvalue weighted by Gasteiger charge is -2.11. The predicted molar refractivity (Wildman–Crippen MR) is 56.0 cm³/mol. The molecule has 1 aromatic carbocycles. The van der Waals surface area contributed by atoms with E-state index in [1.54, 1.807) is 12.1 Å². The lowest BCUT2D eigenvalue weighted by atomic mass is 10.2. The standard InChI is InChI=1S/C11H14FNO/c1-4-8(2)13-10-7-5-6-9(12)11(10)14-3/h4-7,13H,1-3H3/b8-4-. The van der Waals surface area contributed by atoms with Crippen LogP contribution in [0.25, 0.3) is 0 Å². The fourth-order valence-corrected chi connectivity index (χ4v) is 1.10. The molecule has 0 aliphatic carbocycles. The lowest BCUT2D eigenvalue weighted by molar-refractivity contribution is 0.388. The Labute approximate surface area is 83.4 Å². The topological polar surface area (TPSA) is 21.3 Å². The number of hydrogen-bond acceptors (Lipinski definition) is 2. The molecule has 0 radical (unpaired) electrons. The van der Waals surface area contributed by atoms with E-state index in [0.29, 0.717) is 5.69 Å². The molecule has 0 heterocycles. The van der Waals surface area contributed by atoms with E-state index >= 15 is 0 Å². The summed E-state index contributed by atoms with van der Waals surface area (Å²) in [5, 5.41) is 3.05. The Morgan fingerprint density at radius 3 is 2.79 bits per heavy atom. The molecule has 1 N–H and O–H groups in total. The minimum atomic E-state index is -0.360. The van der Waals surface area contributed by atoms with Gasteiger partial charge in [0.2, 0.25) is 0 Å². The molecule has 2 nitrogen and oxygen atoms in total. The maximum atomic E-state index is 13.2. The van der Waals surface area contributed by atoms with Gasteiger partial charge in [-0.1, -0.05) is 12.1 Å². The molecule has 0 fully saturated rings. The van der Waals surface area contributed by atoms with Crippen LogP contribution in [0, 0.1) is 5.82 Å². The average Bonchev–Trinajstić information content (AvgIpc) is 2.18. The van der Waals surface area contributed by atoms with Gasteiger partial charge in [0.25, 0.3) is 0 Å². The summed E-state index contributed by atoms with van der Waals surface area (Å²) in [6.45, 7) is 3.82. The van der Waals surface area contributed by atoms with E-state index in [2.05, 4.69) is 5.32 Å². The molecular formula is C11H14FNO. The van der Waals surface area contributed by atoms with Crippen LogP contribution >= 0.6 is 0 Å². The molecular weight excluding hydrogens is 181 g/mol. The SMILES string of the molecule is C/C=C(/C)Nc1cccc(F)c1OC. The summed E-state index contributed by atoms with van der Waals surface area (Å²) in [6, 6.07) is 4.78. The van der Waals surface area contributed by atoms with Crippen molar-refractivity contribution in [3.63, 3.8) is 0 Å². The highest BCUT2D eigenvalue weighted by Gasteiger charge is 2.07. The number of nitrogens with one attached hydrogen (secondary N) is 1. The maximum absolute atomic E-state index is 13.2. The van der Waals surface area contributed by atoms with E-state index in [4.69, 9.17) is 4.74 Å². The van der Waals surface area contributed by atoms with Crippen LogP contribution in [0.5, 0.6) is 5.75 Å². The number of benzene rings is 1. The van der Waals surface area contributed by atoms with E-state index in [1.165, 1.54) is 13.2 Å². The smallest absolute Gasteiger partial charge is 0.177 e. The van der Waals surface area contributed by atoms with Gasteiger partial charge in [0.1, 0.15) is 0 Å². The Hall–Kier alpha value is -1.51. The second-order valence-corrected chi connectivity index (χ2v) is 2.92. The molecule has 1 aromatic rings. The molecule has 0 amide bonds. The van der Waals surface area contributed by atoms with Gasteiger partial charge in [-0.15, -0.1) is 0 Å². The summed E-state index contributed by atoms with van der Waals surface area (Å²) >= 11 is 0. The van der Waals surface area contributed by atoms with Crippen molar-refractivity contribution in [3.8, 4) is 5.75 Å². The van der Waals surface area contributed by atoms with Crippen LogP contribution < -0.4 is 10.1 Å². The minimum Gasteiger partial charge on any atom is -0.492 e. The molecule has 14 heavy (non-hydrogen) atoms. The number of methoxy groups -OCH3 is 1. The first-order valence-corrected chi connectivity index (χ1v) is 4.41. The van der Waals surface area contributed by atoms with Crippen molar-refractivity contribution in [2.45, 2.75) is 13.8 Å². The molecule has 0 saturated heterocycles. The third-order valence-electron chi connectivity index (χ3n) is 1.94. The van der Waals surface area contributed by atoms with Crippen LogP contribution in [-0.4, -0.2) is 7.11 Å². The number of allylic oxidation sites excluding steroid dienone is 2. The summed E-state index contributed by atoms with van der Waals surface area (Å²) in [6.07, 6.45) is 1.91. The monoisotopic (exact) mass is 195 g/mol. The Morgan fingerprint density at radius 1 is 1.50 bits per heavy atom. The first kappa shape index (κ1) is 10.6. The average molecular weight is 195 g/mol. The molecule has 0 aromatic heterocycles. The van der Waals surface area contributed by atoms with Crippen molar-refractivity contribution in [1.82, 2.24) is 0 Å². The second-order valence-electron chi connectivity index (χ2n) is 2.92. The van der Waals surface area contributed by atoms with Crippen LogP contribution in [0.1, 0.15) is 13.8 Å². The molecule has 0 aliphatic rings. The van der Waals surface area contributed by atoms with Crippen LogP contribution in [0.4, 0.5) is 10.1 Å². The first-order valence-electron chi connectivity index (χ1n) is 4.41. The van der Waals surface area contributed by atoms with Crippen LogP contribution in [0.15, 0.2) is 30.0 Å². The zero-order valence-corrected chi connectivity index (χ0v) is 8.60. The van der Waals surface area contributed by atoms with Gasteiger partial charge in [0.05, 0.1) is 12.8 Å². The van der Waals surface area contributed by atoms with Crippen molar-refractivity contribution in [3.05, 3.63) is 35.8 Å². The Kier molecular flexibility index (Phi) is 3.51. The van der Waals surface area contributed by atoms with Gasteiger partial charge in [-0.2, -0.15) is 0 Å². The van der Waals surface area contributed by atoms with Crippen molar-refractivity contribution in [2.75, 3.05) is 12.4 Å². The number of para-hydroxylation sites is 1. The molecule has 0 bridgehead atoms. The van der Waals surface area contributed by atoms with Crippen molar-refractivity contribution in [1.29, 1.82) is 0 Å². The number of rotatable bonds is 3. The number of ether oxygens (including phenoxy) is 1. The van der Waals surface area contributed by atoms with Crippen LogP contribution in [-0.2, 0) is 0 Å². The highest BCUT2D eigenvalue weighted by atomic mass is 19.1. The van der Waals surface area contributed by atoms with Gasteiger partial charge in [-0.25, -0.2) is 4.39 Å². The van der Waals surface area contributed by atoms with E-state index in [0.717, 1.165) is 5.70 Å². The van der Waals surface area contributed by atoms with Crippen LogP contribution in [0.2, 0.25) is 0 Å². The fraction of sp³-hybridized carbons (Fsp3) is 0.273. The summed E-state index contributed by atoms with van der Waals surface area (Å²) in [7, 11) is 1.45. The minimum absolute atomic E-state index is 0.244. The third kappa shape index (κ3) is 2.25. The molecule has 0 saturated carbocycles. The molecule has 3 heteroatoms. The summed E-state index contributed by atoms with van der Waals surface area (Å²) in [4.78, 5) is 0. The number of anilines is 1.